The Bertz CT molecular complexity index is 1450. The molecule has 0 bridgehead atoms. The third-order valence-corrected chi connectivity index (χ3v) is 7.10. The van der Waals surface area contributed by atoms with Gasteiger partial charge in [0.1, 0.15) is 11.6 Å². The summed E-state index contributed by atoms with van der Waals surface area (Å²) >= 11 is 0. The third kappa shape index (κ3) is 5.56. The summed E-state index contributed by atoms with van der Waals surface area (Å²) in [6.07, 6.45) is -4.74. The van der Waals surface area contributed by atoms with Gasteiger partial charge < -0.3 is 10.0 Å². The van der Waals surface area contributed by atoms with E-state index < -0.39 is 41.4 Å². The molecule has 1 N–H and O–H groups in total. The summed E-state index contributed by atoms with van der Waals surface area (Å²) < 4.78 is 66.3. The van der Waals surface area contributed by atoms with Gasteiger partial charge in [-0.05, 0) is 83.6 Å². The lowest BCUT2D eigenvalue weighted by atomic mass is 9.78. The number of carbonyl (C=O) groups is 1. The average molecular weight is 538 g/mol. The fourth-order valence-electron chi connectivity index (χ4n) is 5.04. The Hall–Kier alpha value is -4.04. The molecule has 4 aromatic rings. The van der Waals surface area contributed by atoms with E-state index in [1.807, 2.05) is 0 Å². The number of nitrogens with zero attached hydrogens (tertiary/aromatic N) is 1. The van der Waals surface area contributed by atoms with E-state index in [0.29, 0.717) is 28.8 Å². The average Bonchev–Trinajstić information content (AvgIpc) is 2.93. The standard InChI is InChI=1S/C31H24F5NO2/c32-24-10-8-20(9-11-24)28(38)17-16-27-29(37(30(27)39)26-14-12-25(33)13-15-26)21-6-4-19(5-7-21)22-2-1-3-23(18-22)31(34,35)36/h1-15,18,27-29,38H,16-17H2/t27-,28+,29-/m1/s1. The van der Waals surface area contributed by atoms with Gasteiger partial charge in [0.2, 0.25) is 5.91 Å². The fourth-order valence-corrected chi connectivity index (χ4v) is 5.04. The predicted molar refractivity (Wildman–Crippen MR) is 138 cm³/mol. The highest BCUT2D eigenvalue weighted by atomic mass is 19.4. The summed E-state index contributed by atoms with van der Waals surface area (Å²) in [5, 5.41) is 10.6. The maximum atomic E-state index is 13.5. The maximum Gasteiger partial charge on any atom is 0.416 e. The molecule has 1 amide bonds. The van der Waals surface area contributed by atoms with E-state index in [0.717, 1.165) is 17.7 Å². The van der Waals surface area contributed by atoms with Crippen molar-refractivity contribution in [1.82, 2.24) is 0 Å². The molecule has 0 aromatic heterocycles. The molecule has 1 fully saturated rings. The highest BCUT2D eigenvalue weighted by molar-refractivity contribution is 6.03. The van der Waals surface area contributed by atoms with E-state index in [4.69, 9.17) is 0 Å². The van der Waals surface area contributed by atoms with Crippen LogP contribution in [0.5, 0.6) is 0 Å². The highest BCUT2D eigenvalue weighted by Crippen LogP contribution is 2.46. The van der Waals surface area contributed by atoms with Crippen LogP contribution in [0.15, 0.2) is 97.1 Å². The first-order chi connectivity index (χ1) is 18.6. The first kappa shape index (κ1) is 26.6. The second-order valence-electron chi connectivity index (χ2n) is 9.58. The van der Waals surface area contributed by atoms with Crippen LogP contribution in [0, 0.1) is 17.6 Å². The SMILES string of the molecule is O=C1[C@H](CC[C@H](O)c2ccc(F)cc2)[C@@H](c2ccc(-c3cccc(C(F)(F)F)c3)cc2)N1c1ccc(F)cc1. The number of aliphatic hydroxyl groups excluding tert-OH is 1. The predicted octanol–water partition coefficient (Wildman–Crippen LogP) is 7.87. The minimum Gasteiger partial charge on any atom is -0.388 e. The third-order valence-electron chi connectivity index (χ3n) is 7.10. The minimum absolute atomic E-state index is 0.181. The molecule has 39 heavy (non-hydrogen) atoms. The molecule has 0 aliphatic carbocycles. The van der Waals surface area contributed by atoms with Crippen molar-refractivity contribution in [2.75, 3.05) is 4.90 Å². The molecule has 3 atom stereocenters. The van der Waals surface area contributed by atoms with Gasteiger partial charge in [0.15, 0.2) is 0 Å². The zero-order chi connectivity index (χ0) is 27.7. The van der Waals surface area contributed by atoms with Gasteiger partial charge >= 0.3 is 6.18 Å². The molecule has 1 saturated heterocycles. The Morgan fingerprint density at radius 2 is 1.41 bits per heavy atom. The van der Waals surface area contributed by atoms with Crippen LogP contribution in [0.4, 0.5) is 27.6 Å². The number of anilines is 1. The van der Waals surface area contributed by atoms with Crippen LogP contribution in [0.25, 0.3) is 11.1 Å². The van der Waals surface area contributed by atoms with Crippen molar-refractivity contribution in [3.8, 4) is 11.1 Å². The van der Waals surface area contributed by atoms with E-state index in [2.05, 4.69) is 0 Å². The van der Waals surface area contributed by atoms with E-state index in [1.165, 1.54) is 54.6 Å². The van der Waals surface area contributed by atoms with Gasteiger partial charge in [-0.3, -0.25) is 4.79 Å². The lowest BCUT2D eigenvalue weighted by Crippen LogP contribution is -2.55. The molecule has 1 heterocycles. The van der Waals surface area contributed by atoms with Gasteiger partial charge in [0, 0.05) is 5.69 Å². The Kier molecular flexibility index (Phi) is 7.23. The van der Waals surface area contributed by atoms with E-state index >= 15 is 0 Å². The molecular weight excluding hydrogens is 513 g/mol. The number of benzene rings is 4. The van der Waals surface area contributed by atoms with Gasteiger partial charge in [0.25, 0.3) is 0 Å². The quantitative estimate of drug-likeness (QED) is 0.193. The summed E-state index contributed by atoms with van der Waals surface area (Å²) in [4.78, 5) is 14.8. The summed E-state index contributed by atoms with van der Waals surface area (Å²) in [5.41, 5.74) is 2.08. The maximum absolute atomic E-state index is 13.5. The summed E-state index contributed by atoms with van der Waals surface area (Å²) in [5.74, 6) is -1.51. The number of carbonyl (C=O) groups excluding carboxylic acids is 1. The number of hydrogen-bond donors (Lipinski definition) is 1. The Labute approximate surface area is 222 Å². The van der Waals surface area contributed by atoms with E-state index in [1.54, 1.807) is 35.2 Å². The van der Waals surface area contributed by atoms with Gasteiger partial charge in [-0.1, -0.05) is 48.5 Å². The summed E-state index contributed by atoms with van der Waals surface area (Å²) in [7, 11) is 0. The van der Waals surface area contributed by atoms with Gasteiger partial charge in [-0.25, -0.2) is 8.78 Å². The molecule has 1 aliphatic rings. The molecule has 8 heteroatoms. The second-order valence-corrected chi connectivity index (χ2v) is 9.58. The zero-order valence-corrected chi connectivity index (χ0v) is 20.6. The molecular formula is C31H24F5NO2. The largest absolute Gasteiger partial charge is 0.416 e. The van der Waals surface area contributed by atoms with Crippen molar-refractivity contribution < 1.29 is 31.9 Å². The van der Waals surface area contributed by atoms with Crippen LogP contribution in [0.2, 0.25) is 0 Å². The van der Waals surface area contributed by atoms with Crippen molar-refractivity contribution in [3.05, 3.63) is 125 Å². The first-order valence-electron chi connectivity index (χ1n) is 12.4. The molecule has 0 radical (unpaired) electrons. The van der Waals surface area contributed by atoms with Crippen LogP contribution < -0.4 is 4.90 Å². The van der Waals surface area contributed by atoms with Crippen molar-refractivity contribution >= 4 is 11.6 Å². The molecule has 5 rings (SSSR count). The van der Waals surface area contributed by atoms with Crippen molar-refractivity contribution in [3.63, 3.8) is 0 Å². The number of halogens is 5. The number of rotatable bonds is 7. The number of hydrogen-bond acceptors (Lipinski definition) is 2. The molecule has 0 unspecified atom stereocenters. The fraction of sp³-hybridized carbons (Fsp3) is 0.194. The van der Waals surface area contributed by atoms with Gasteiger partial charge in [-0.2, -0.15) is 13.2 Å². The Morgan fingerprint density at radius 1 is 0.795 bits per heavy atom. The highest BCUT2D eigenvalue weighted by Gasteiger charge is 2.48. The second kappa shape index (κ2) is 10.6. The molecule has 4 aromatic carbocycles. The lowest BCUT2D eigenvalue weighted by molar-refractivity contribution is -0.137. The summed E-state index contributed by atoms with van der Waals surface area (Å²) in [6.45, 7) is 0. The van der Waals surface area contributed by atoms with Crippen LogP contribution in [-0.2, 0) is 11.0 Å². The van der Waals surface area contributed by atoms with Gasteiger partial charge in [0.05, 0.1) is 23.6 Å². The molecule has 0 spiro atoms. The van der Waals surface area contributed by atoms with Crippen molar-refractivity contribution in [2.45, 2.75) is 31.2 Å². The topological polar surface area (TPSA) is 40.5 Å². The first-order valence-corrected chi connectivity index (χ1v) is 12.4. The molecule has 3 nitrogen and oxygen atoms in total. The number of β-lactam (4-membered cyclic amide) rings is 1. The van der Waals surface area contributed by atoms with Crippen LogP contribution in [0.1, 0.15) is 41.7 Å². The minimum atomic E-state index is -4.45. The van der Waals surface area contributed by atoms with Crippen LogP contribution in [-0.4, -0.2) is 11.0 Å². The van der Waals surface area contributed by atoms with Crippen molar-refractivity contribution in [1.29, 1.82) is 0 Å². The number of alkyl halides is 3. The van der Waals surface area contributed by atoms with Crippen LogP contribution >= 0.6 is 0 Å². The lowest BCUT2D eigenvalue weighted by Gasteiger charge is -2.48. The number of amides is 1. The summed E-state index contributed by atoms with van der Waals surface area (Å²) in [6, 6.07) is 22.7. The number of aliphatic hydroxyl groups is 1. The monoisotopic (exact) mass is 537 g/mol. The van der Waals surface area contributed by atoms with E-state index in [-0.39, 0.29) is 12.3 Å². The zero-order valence-electron chi connectivity index (χ0n) is 20.6. The molecule has 0 saturated carbocycles. The Balaban J connectivity index is 1.40. The smallest absolute Gasteiger partial charge is 0.388 e. The van der Waals surface area contributed by atoms with Crippen molar-refractivity contribution in [2.24, 2.45) is 5.92 Å². The normalized spacial score (nSPS) is 18.1. The van der Waals surface area contributed by atoms with E-state index in [9.17, 15) is 31.9 Å². The molecule has 200 valence electrons. The molecule has 1 aliphatic heterocycles. The van der Waals surface area contributed by atoms with Crippen LogP contribution in [0.3, 0.4) is 0 Å². The van der Waals surface area contributed by atoms with Gasteiger partial charge in [-0.15, -0.1) is 0 Å². The Morgan fingerprint density at radius 3 is 2.03 bits per heavy atom.